The van der Waals surface area contributed by atoms with Gasteiger partial charge >= 0.3 is 0 Å². The number of hydrogen-bond acceptors (Lipinski definition) is 3. The van der Waals surface area contributed by atoms with Crippen molar-refractivity contribution in [1.29, 1.82) is 0 Å². The summed E-state index contributed by atoms with van der Waals surface area (Å²) in [5.41, 5.74) is 8.33. The largest absolute Gasteiger partial charge is 0.399 e. The Kier molecular flexibility index (Phi) is 3.78. The highest BCUT2D eigenvalue weighted by Gasteiger charge is 2.27. The fraction of sp³-hybridized carbons (Fsp3) is 0.462. The van der Waals surface area contributed by atoms with E-state index in [9.17, 15) is 4.79 Å². The zero-order valence-electron chi connectivity index (χ0n) is 11.0. The molecule has 1 amide bonds. The van der Waals surface area contributed by atoms with Crippen molar-refractivity contribution >= 4 is 17.3 Å². The Morgan fingerprint density at radius 2 is 1.88 bits per heavy atom. The molecular weight excluding hydrogens is 216 g/mol. The lowest BCUT2D eigenvalue weighted by Gasteiger charge is -2.22. The van der Waals surface area contributed by atoms with E-state index in [4.69, 9.17) is 10.5 Å². The molecule has 1 rings (SSSR count). The molecule has 0 atom stereocenters. The van der Waals surface area contributed by atoms with Gasteiger partial charge in [0.1, 0.15) is 5.60 Å². The van der Waals surface area contributed by atoms with Gasteiger partial charge in [0.15, 0.2) is 0 Å². The first-order chi connectivity index (χ1) is 7.77. The van der Waals surface area contributed by atoms with Crippen LogP contribution in [0.15, 0.2) is 12.1 Å². The van der Waals surface area contributed by atoms with Crippen molar-refractivity contribution < 1.29 is 9.53 Å². The van der Waals surface area contributed by atoms with E-state index in [1.165, 1.54) is 7.11 Å². The molecule has 1 aromatic rings. The first-order valence-electron chi connectivity index (χ1n) is 5.51. The molecule has 0 saturated carbocycles. The summed E-state index contributed by atoms with van der Waals surface area (Å²) >= 11 is 0. The second-order valence-corrected chi connectivity index (χ2v) is 4.69. The molecule has 0 heterocycles. The first-order valence-corrected chi connectivity index (χ1v) is 5.51. The molecule has 4 heteroatoms. The van der Waals surface area contributed by atoms with Gasteiger partial charge in [0, 0.05) is 18.5 Å². The summed E-state index contributed by atoms with van der Waals surface area (Å²) in [6.45, 7) is 7.26. The number of ether oxygens (including phenoxy) is 1. The third-order valence-electron chi connectivity index (χ3n) is 2.92. The molecular formula is C13H20N2O2. The summed E-state index contributed by atoms with van der Waals surface area (Å²) in [6, 6.07) is 3.72. The van der Waals surface area contributed by atoms with E-state index in [0.717, 1.165) is 22.5 Å². The quantitative estimate of drug-likeness (QED) is 0.791. The summed E-state index contributed by atoms with van der Waals surface area (Å²) in [5, 5.41) is 2.85. The zero-order chi connectivity index (χ0) is 13.2. The van der Waals surface area contributed by atoms with Crippen LogP contribution in [0.1, 0.15) is 25.0 Å². The summed E-state index contributed by atoms with van der Waals surface area (Å²) in [4.78, 5) is 11.9. The highest BCUT2D eigenvalue weighted by Crippen LogP contribution is 2.23. The van der Waals surface area contributed by atoms with Crippen molar-refractivity contribution in [3.05, 3.63) is 23.3 Å². The lowest BCUT2D eigenvalue weighted by molar-refractivity contribution is -0.133. The number of nitrogens with two attached hydrogens (primary N) is 1. The van der Waals surface area contributed by atoms with E-state index in [0.29, 0.717) is 0 Å². The Bertz CT molecular complexity index is 439. The fourth-order valence-corrected chi connectivity index (χ4v) is 1.34. The fourth-order valence-electron chi connectivity index (χ4n) is 1.34. The van der Waals surface area contributed by atoms with Crippen LogP contribution < -0.4 is 11.1 Å². The van der Waals surface area contributed by atoms with Crippen LogP contribution in [0.4, 0.5) is 11.4 Å². The van der Waals surface area contributed by atoms with Crippen molar-refractivity contribution in [3.8, 4) is 0 Å². The maximum Gasteiger partial charge on any atom is 0.256 e. The third-order valence-corrected chi connectivity index (χ3v) is 2.92. The lowest BCUT2D eigenvalue weighted by Crippen LogP contribution is -2.39. The number of nitrogens with one attached hydrogen (secondary N) is 1. The topological polar surface area (TPSA) is 64.3 Å². The molecule has 0 aliphatic carbocycles. The van der Waals surface area contributed by atoms with Crippen molar-refractivity contribution in [2.45, 2.75) is 33.3 Å². The van der Waals surface area contributed by atoms with Crippen molar-refractivity contribution in [2.75, 3.05) is 18.2 Å². The molecule has 0 aliphatic heterocycles. The smallest absolute Gasteiger partial charge is 0.256 e. The van der Waals surface area contributed by atoms with E-state index in [2.05, 4.69) is 5.32 Å². The number of carbonyl (C=O) groups excluding carboxylic acids is 1. The number of rotatable bonds is 3. The lowest BCUT2D eigenvalue weighted by atomic mass is 10.1. The number of carbonyl (C=O) groups is 1. The molecule has 0 fully saturated rings. The maximum atomic E-state index is 11.9. The molecule has 0 spiro atoms. The molecule has 0 bridgehead atoms. The number of hydrogen-bond donors (Lipinski definition) is 2. The van der Waals surface area contributed by atoms with Crippen LogP contribution in [-0.4, -0.2) is 18.6 Å². The van der Waals surface area contributed by atoms with Crippen molar-refractivity contribution in [2.24, 2.45) is 0 Å². The molecule has 0 aliphatic rings. The first kappa shape index (κ1) is 13.5. The predicted molar refractivity (Wildman–Crippen MR) is 70.0 cm³/mol. The molecule has 0 radical (unpaired) electrons. The average molecular weight is 236 g/mol. The van der Waals surface area contributed by atoms with Crippen molar-refractivity contribution in [3.63, 3.8) is 0 Å². The van der Waals surface area contributed by atoms with E-state index in [-0.39, 0.29) is 5.91 Å². The predicted octanol–water partition coefficient (Wildman–Crippen LogP) is 2.25. The van der Waals surface area contributed by atoms with Crippen LogP contribution in [0.5, 0.6) is 0 Å². The summed E-state index contributed by atoms with van der Waals surface area (Å²) in [6.07, 6.45) is 0. The Labute approximate surface area is 102 Å². The van der Waals surface area contributed by atoms with E-state index >= 15 is 0 Å². The van der Waals surface area contributed by atoms with Crippen LogP contribution in [0.3, 0.4) is 0 Å². The Hall–Kier alpha value is -1.55. The molecule has 4 nitrogen and oxygen atoms in total. The highest BCUT2D eigenvalue weighted by molar-refractivity contribution is 5.97. The van der Waals surface area contributed by atoms with Gasteiger partial charge in [-0.25, -0.2) is 0 Å². The molecule has 0 aromatic heterocycles. The Balaban J connectivity index is 2.97. The van der Waals surface area contributed by atoms with Crippen LogP contribution in [-0.2, 0) is 9.53 Å². The number of methoxy groups -OCH3 is 1. The van der Waals surface area contributed by atoms with Crippen LogP contribution >= 0.6 is 0 Å². The number of nitrogen functional groups attached to an aromatic ring is 1. The second kappa shape index (κ2) is 4.75. The number of amides is 1. The van der Waals surface area contributed by atoms with Gasteiger partial charge in [0.05, 0.1) is 0 Å². The monoisotopic (exact) mass is 236 g/mol. The Morgan fingerprint density at radius 3 is 2.41 bits per heavy atom. The molecule has 0 unspecified atom stereocenters. The van der Waals surface area contributed by atoms with E-state index in [1.54, 1.807) is 13.8 Å². The minimum absolute atomic E-state index is 0.174. The van der Waals surface area contributed by atoms with Gasteiger partial charge in [-0.2, -0.15) is 0 Å². The number of aryl methyl sites for hydroxylation is 2. The summed E-state index contributed by atoms with van der Waals surface area (Å²) in [7, 11) is 1.51. The second-order valence-electron chi connectivity index (χ2n) is 4.69. The molecule has 17 heavy (non-hydrogen) atoms. The molecule has 0 saturated heterocycles. The molecule has 94 valence electrons. The van der Waals surface area contributed by atoms with Crippen LogP contribution in [0.2, 0.25) is 0 Å². The number of benzene rings is 1. The van der Waals surface area contributed by atoms with E-state index < -0.39 is 5.60 Å². The van der Waals surface area contributed by atoms with Gasteiger partial charge in [-0.3, -0.25) is 4.79 Å². The third kappa shape index (κ3) is 2.97. The summed E-state index contributed by atoms with van der Waals surface area (Å²) in [5.74, 6) is -0.174. The number of anilines is 2. The van der Waals surface area contributed by atoms with E-state index in [1.807, 2.05) is 26.0 Å². The summed E-state index contributed by atoms with van der Waals surface area (Å²) < 4.78 is 5.13. The normalized spacial score (nSPS) is 11.4. The zero-order valence-corrected chi connectivity index (χ0v) is 11.0. The standard InChI is InChI=1S/C13H20N2O2/c1-8-7-11(9(2)6-10(8)14)15-12(16)13(3,4)17-5/h6-7H,14H2,1-5H3,(H,15,16). The average Bonchev–Trinajstić information content (AvgIpc) is 2.25. The van der Waals surface area contributed by atoms with Crippen LogP contribution in [0, 0.1) is 13.8 Å². The SMILES string of the molecule is COC(C)(C)C(=O)Nc1cc(C)c(N)cc1C. The van der Waals surface area contributed by atoms with Crippen LogP contribution in [0.25, 0.3) is 0 Å². The maximum absolute atomic E-state index is 11.9. The van der Waals surface area contributed by atoms with Gasteiger partial charge in [-0.05, 0) is 51.0 Å². The van der Waals surface area contributed by atoms with Gasteiger partial charge in [0.2, 0.25) is 0 Å². The minimum atomic E-state index is -0.846. The Morgan fingerprint density at radius 1 is 1.29 bits per heavy atom. The van der Waals surface area contributed by atoms with Gasteiger partial charge in [-0.1, -0.05) is 0 Å². The minimum Gasteiger partial charge on any atom is -0.399 e. The van der Waals surface area contributed by atoms with Gasteiger partial charge in [-0.15, -0.1) is 0 Å². The van der Waals surface area contributed by atoms with Gasteiger partial charge < -0.3 is 15.8 Å². The molecule has 3 N–H and O–H groups in total. The molecule has 1 aromatic carbocycles. The van der Waals surface area contributed by atoms with Gasteiger partial charge in [0.25, 0.3) is 5.91 Å². The van der Waals surface area contributed by atoms with Crippen molar-refractivity contribution in [1.82, 2.24) is 0 Å². The highest BCUT2D eigenvalue weighted by atomic mass is 16.5.